The number of nitrogens with zero attached hydrogens (tertiary/aromatic N) is 2. The van der Waals surface area contributed by atoms with Crippen LogP contribution < -0.4 is 4.90 Å². The van der Waals surface area contributed by atoms with Gasteiger partial charge in [-0.2, -0.15) is 26.3 Å². The fraction of sp³-hybridized carbons (Fsp3) is 0.241. The van der Waals surface area contributed by atoms with Crippen LogP contribution in [0.2, 0.25) is 0 Å². The number of carbonyl (C=O) groups is 2. The highest BCUT2D eigenvalue weighted by molar-refractivity contribution is 6.07. The van der Waals surface area contributed by atoms with Crippen molar-refractivity contribution < 1.29 is 40.9 Å². The summed E-state index contributed by atoms with van der Waals surface area (Å²) in [4.78, 5) is 38.3. The van der Waals surface area contributed by atoms with Crippen LogP contribution in [-0.2, 0) is 12.4 Å². The smallest absolute Gasteiger partial charge is 0.366 e. The number of nitro benzene ring substituents is 1. The molecule has 214 valence electrons. The molecule has 0 amide bonds. The first-order chi connectivity index (χ1) is 19.2. The maximum atomic E-state index is 13.1. The summed E-state index contributed by atoms with van der Waals surface area (Å²) < 4.78 is 78.6. The Labute approximate surface area is 230 Å². The van der Waals surface area contributed by atoms with E-state index in [2.05, 4.69) is 0 Å². The van der Waals surface area contributed by atoms with E-state index in [1.54, 1.807) is 35.2 Å². The van der Waals surface area contributed by atoms with E-state index in [0.29, 0.717) is 43.6 Å². The molecule has 0 bridgehead atoms. The van der Waals surface area contributed by atoms with Crippen LogP contribution in [0.4, 0.5) is 37.7 Å². The van der Waals surface area contributed by atoms with Crippen molar-refractivity contribution in [3.8, 4) is 0 Å². The lowest BCUT2D eigenvalue weighted by Crippen LogP contribution is -2.36. The SMILES string of the molecule is O=C(/C=C\c1cc(C(F)(F)F)cc(C(F)(F)F)c1)c1ccc(N2CCC(C(=O)c3ccccc3)CC2)c([N+](=O)[O-])c1. The molecule has 0 saturated carbocycles. The van der Waals surface area contributed by atoms with E-state index in [0.717, 1.165) is 18.2 Å². The number of ketones is 2. The first kappa shape index (κ1) is 29.5. The largest absolute Gasteiger partial charge is 0.416 e. The predicted molar refractivity (Wildman–Crippen MR) is 139 cm³/mol. The number of piperidine rings is 1. The molecule has 1 heterocycles. The highest BCUT2D eigenvalue weighted by Crippen LogP contribution is 2.37. The van der Waals surface area contributed by atoms with Gasteiger partial charge in [-0.3, -0.25) is 19.7 Å². The zero-order valence-corrected chi connectivity index (χ0v) is 21.2. The molecule has 0 N–H and O–H groups in total. The monoisotopic (exact) mass is 576 g/mol. The molecule has 0 aromatic heterocycles. The van der Waals surface area contributed by atoms with Crippen LogP contribution in [0.3, 0.4) is 0 Å². The van der Waals surface area contributed by atoms with E-state index in [4.69, 9.17) is 0 Å². The molecule has 1 fully saturated rings. The number of nitro groups is 1. The van der Waals surface area contributed by atoms with Gasteiger partial charge >= 0.3 is 12.4 Å². The van der Waals surface area contributed by atoms with Crippen LogP contribution in [0.15, 0.2) is 72.8 Å². The molecule has 0 unspecified atom stereocenters. The minimum Gasteiger partial charge on any atom is -0.366 e. The van der Waals surface area contributed by atoms with Crippen molar-refractivity contribution in [3.05, 3.63) is 111 Å². The summed E-state index contributed by atoms with van der Waals surface area (Å²) in [6.07, 6.45) is -7.62. The molecule has 1 saturated heterocycles. The second-order valence-electron chi connectivity index (χ2n) is 9.49. The van der Waals surface area contributed by atoms with Gasteiger partial charge in [0.25, 0.3) is 5.69 Å². The fourth-order valence-corrected chi connectivity index (χ4v) is 4.65. The average molecular weight is 576 g/mol. The van der Waals surface area contributed by atoms with E-state index in [1.807, 2.05) is 0 Å². The molecule has 1 aliphatic heterocycles. The van der Waals surface area contributed by atoms with Crippen LogP contribution >= 0.6 is 0 Å². The molecule has 3 aromatic carbocycles. The molecule has 41 heavy (non-hydrogen) atoms. The second kappa shape index (κ2) is 11.6. The predicted octanol–water partition coefficient (Wildman–Crippen LogP) is 7.63. The maximum absolute atomic E-state index is 13.1. The molecule has 3 aromatic rings. The summed E-state index contributed by atoms with van der Waals surface area (Å²) >= 11 is 0. The number of rotatable bonds is 7. The van der Waals surface area contributed by atoms with Crippen LogP contribution in [0, 0.1) is 16.0 Å². The summed E-state index contributed by atoms with van der Waals surface area (Å²) in [5.41, 5.74) is -3.33. The summed E-state index contributed by atoms with van der Waals surface area (Å²) in [5.74, 6) is -1.10. The molecule has 4 rings (SSSR count). The number of halogens is 6. The number of allylic oxidation sites excluding steroid dienone is 1. The van der Waals surface area contributed by atoms with Crippen LogP contribution in [0.5, 0.6) is 0 Å². The number of benzene rings is 3. The molecule has 0 atom stereocenters. The van der Waals surface area contributed by atoms with Crippen LogP contribution in [0.1, 0.15) is 50.2 Å². The summed E-state index contributed by atoms with van der Waals surface area (Å²) in [6.45, 7) is 0.711. The summed E-state index contributed by atoms with van der Waals surface area (Å²) in [5, 5.41) is 11.8. The Morgan fingerprint density at radius 1 is 0.829 bits per heavy atom. The number of Topliss-reactive ketones (excluding diaryl/α,β-unsaturated/α-hetero) is 1. The quantitative estimate of drug-likeness (QED) is 0.0950. The lowest BCUT2D eigenvalue weighted by molar-refractivity contribution is -0.384. The van der Waals surface area contributed by atoms with Crippen molar-refractivity contribution >= 4 is 29.0 Å². The first-order valence-corrected chi connectivity index (χ1v) is 12.4. The topological polar surface area (TPSA) is 80.5 Å². The van der Waals surface area contributed by atoms with Gasteiger partial charge in [-0.1, -0.05) is 36.4 Å². The number of alkyl halides is 6. The van der Waals surface area contributed by atoms with Crippen molar-refractivity contribution in [3.63, 3.8) is 0 Å². The Balaban J connectivity index is 1.52. The van der Waals surface area contributed by atoms with Crippen molar-refractivity contribution in [2.75, 3.05) is 18.0 Å². The minimum atomic E-state index is -5.05. The lowest BCUT2D eigenvalue weighted by Gasteiger charge is -2.32. The third kappa shape index (κ3) is 7.00. The van der Waals surface area contributed by atoms with Crippen molar-refractivity contribution in [1.29, 1.82) is 0 Å². The Morgan fingerprint density at radius 2 is 1.41 bits per heavy atom. The Bertz CT molecular complexity index is 1460. The Morgan fingerprint density at radius 3 is 1.95 bits per heavy atom. The van der Waals surface area contributed by atoms with E-state index < -0.39 is 45.4 Å². The van der Waals surface area contributed by atoms with E-state index in [-0.39, 0.29) is 29.0 Å². The van der Waals surface area contributed by atoms with Gasteiger partial charge in [-0.05, 0) is 54.8 Å². The van der Waals surface area contributed by atoms with Gasteiger partial charge in [0.1, 0.15) is 5.69 Å². The van der Waals surface area contributed by atoms with Crippen molar-refractivity contribution in [2.45, 2.75) is 25.2 Å². The van der Waals surface area contributed by atoms with Gasteiger partial charge in [0.15, 0.2) is 11.6 Å². The normalized spacial score (nSPS) is 14.8. The molecule has 0 radical (unpaired) electrons. The number of hydrogen-bond donors (Lipinski definition) is 0. The van der Waals surface area contributed by atoms with E-state index in [1.165, 1.54) is 12.1 Å². The van der Waals surface area contributed by atoms with Gasteiger partial charge in [0.05, 0.1) is 16.1 Å². The zero-order valence-electron chi connectivity index (χ0n) is 21.2. The van der Waals surface area contributed by atoms with Crippen LogP contribution in [0.25, 0.3) is 6.08 Å². The summed E-state index contributed by atoms with van der Waals surface area (Å²) in [7, 11) is 0. The van der Waals surface area contributed by atoms with Gasteiger partial charge < -0.3 is 4.90 Å². The first-order valence-electron chi connectivity index (χ1n) is 12.4. The molecule has 0 aliphatic carbocycles. The van der Waals surface area contributed by atoms with E-state index in [9.17, 15) is 46.0 Å². The highest BCUT2D eigenvalue weighted by atomic mass is 19.4. The number of hydrogen-bond acceptors (Lipinski definition) is 5. The molecule has 12 heteroatoms. The molecule has 0 spiro atoms. The van der Waals surface area contributed by atoms with Gasteiger partial charge in [-0.15, -0.1) is 0 Å². The standard InChI is InChI=1S/C29H22F6N2O4/c30-28(31,32)22-14-18(15-23(17-22)29(33,34)35)6-9-26(38)21-7-8-24(25(16-21)37(40)41)36-12-10-20(11-13-36)27(39)19-4-2-1-3-5-19/h1-9,14-17,20H,10-13H2/b9-6-. The van der Waals surface area contributed by atoms with Gasteiger partial charge in [0, 0.05) is 36.2 Å². The maximum Gasteiger partial charge on any atom is 0.416 e. The molecule has 6 nitrogen and oxygen atoms in total. The van der Waals surface area contributed by atoms with Gasteiger partial charge in [0.2, 0.25) is 0 Å². The van der Waals surface area contributed by atoms with Crippen molar-refractivity contribution in [2.24, 2.45) is 5.92 Å². The molecule has 1 aliphatic rings. The Kier molecular flexibility index (Phi) is 8.32. The lowest BCUT2D eigenvalue weighted by atomic mass is 9.88. The van der Waals surface area contributed by atoms with Crippen LogP contribution in [-0.4, -0.2) is 29.6 Å². The zero-order chi connectivity index (χ0) is 29.9. The van der Waals surface area contributed by atoms with Gasteiger partial charge in [-0.25, -0.2) is 0 Å². The number of carbonyl (C=O) groups excluding carboxylic acids is 2. The van der Waals surface area contributed by atoms with Crippen molar-refractivity contribution in [1.82, 2.24) is 0 Å². The third-order valence-corrected chi connectivity index (χ3v) is 6.76. The number of anilines is 1. The second-order valence-corrected chi connectivity index (χ2v) is 9.49. The Hall–Kier alpha value is -4.48. The third-order valence-electron chi connectivity index (χ3n) is 6.76. The molecular weight excluding hydrogens is 554 g/mol. The highest BCUT2D eigenvalue weighted by Gasteiger charge is 2.36. The van der Waals surface area contributed by atoms with E-state index >= 15 is 0 Å². The average Bonchev–Trinajstić information content (AvgIpc) is 2.94. The summed E-state index contributed by atoms with van der Waals surface area (Å²) in [6, 6.07) is 13.4. The fourth-order valence-electron chi connectivity index (χ4n) is 4.65. The molecular formula is C29H22F6N2O4. The minimum absolute atomic E-state index is 0.00407.